The lowest BCUT2D eigenvalue weighted by Crippen LogP contribution is -2.38. The molecule has 2 N–H and O–H groups in total. The quantitative estimate of drug-likeness (QED) is 0.727. The Morgan fingerprint density at radius 3 is 2.80 bits per heavy atom. The topological polar surface area (TPSA) is 67.2 Å². The fourth-order valence-electron chi connectivity index (χ4n) is 1.55. The van der Waals surface area contributed by atoms with E-state index in [-0.39, 0.29) is 18.5 Å². The third-order valence-electron chi connectivity index (χ3n) is 2.07. The molecule has 0 spiro atoms. The summed E-state index contributed by atoms with van der Waals surface area (Å²) < 4.78 is 1.82. The number of carboxylic acids is 1. The molecule has 0 amide bonds. The molecule has 2 atom stereocenters. The molecule has 0 saturated carbocycles. The minimum Gasteiger partial charge on any atom is -0.481 e. The first-order valence-corrected chi connectivity index (χ1v) is 5.03. The molecule has 5 nitrogen and oxygen atoms in total. The lowest BCUT2D eigenvalue weighted by Gasteiger charge is -2.18. The molecule has 15 heavy (non-hydrogen) atoms. The maximum Gasteiger partial charge on any atom is 0.304 e. The van der Waals surface area contributed by atoms with Gasteiger partial charge in [-0.25, -0.2) is 0 Å². The first kappa shape index (κ1) is 11.7. The standard InChI is InChI=1S/C10H17N3O2/c1-8(6-10(14)15)12-9(2)7-13-5-3-4-11-13/h3-5,8-9,12H,6-7H2,1-2H3,(H,14,15). The van der Waals surface area contributed by atoms with Crippen LogP contribution in [-0.2, 0) is 11.3 Å². The summed E-state index contributed by atoms with van der Waals surface area (Å²) in [6, 6.07) is 2.06. The van der Waals surface area contributed by atoms with Crippen LogP contribution in [0.2, 0.25) is 0 Å². The van der Waals surface area contributed by atoms with Crippen LogP contribution in [0.25, 0.3) is 0 Å². The molecule has 0 bridgehead atoms. The molecule has 1 aromatic rings. The molecule has 1 heterocycles. The van der Waals surface area contributed by atoms with Crippen LogP contribution in [0.5, 0.6) is 0 Å². The van der Waals surface area contributed by atoms with Gasteiger partial charge in [-0.15, -0.1) is 0 Å². The van der Waals surface area contributed by atoms with E-state index in [1.54, 1.807) is 6.20 Å². The van der Waals surface area contributed by atoms with Crippen molar-refractivity contribution in [3.8, 4) is 0 Å². The Balaban J connectivity index is 2.29. The summed E-state index contributed by atoms with van der Waals surface area (Å²) in [6.45, 7) is 4.63. The highest BCUT2D eigenvalue weighted by Gasteiger charge is 2.10. The molecule has 1 aromatic heterocycles. The minimum absolute atomic E-state index is 0.0203. The second-order valence-corrected chi connectivity index (χ2v) is 3.79. The first-order chi connectivity index (χ1) is 7.08. The largest absolute Gasteiger partial charge is 0.481 e. The van der Waals surface area contributed by atoms with Gasteiger partial charge in [0, 0.05) is 24.5 Å². The Hall–Kier alpha value is -1.36. The van der Waals surface area contributed by atoms with Gasteiger partial charge in [0.1, 0.15) is 0 Å². The van der Waals surface area contributed by atoms with Crippen LogP contribution in [0.4, 0.5) is 0 Å². The molecule has 0 aliphatic rings. The molecule has 0 saturated heterocycles. The zero-order chi connectivity index (χ0) is 11.3. The van der Waals surface area contributed by atoms with Gasteiger partial charge in [0.25, 0.3) is 0 Å². The Labute approximate surface area is 89.1 Å². The highest BCUT2D eigenvalue weighted by atomic mass is 16.4. The molecular weight excluding hydrogens is 194 g/mol. The molecule has 0 fully saturated rings. The van der Waals surface area contributed by atoms with Crippen molar-refractivity contribution in [1.29, 1.82) is 0 Å². The summed E-state index contributed by atoms with van der Waals surface area (Å²) >= 11 is 0. The van der Waals surface area contributed by atoms with E-state index in [0.29, 0.717) is 0 Å². The predicted octanol–water partition coefficient (Wildman–Crippen LogP) is 0.724. The zero-order valence-corrected chi connectivity index (χ0v) is 9.05. The van der Waals surface area contributed by atoms with E-state index < -0.39 is 5.97 Å². The van der Waals surface area contributed by atoms with Crippen molar-refractivity contribution in [3.05, 3.63) is 18.5 Å². The van der Waals surface area contributed by atoms with Crippen molar-refractivity contribution < 1.29 is 9.90 Å². The number of aliphatic carboxylic acids is 1. The molecular formula is C10H17N3O2. The molecule has 1 rings (SSSR count). The smallest absolute Gasteiger partial charge is 0.304 e. The lowest BCUT2D eigenvalue weighted by atomic mass is 10.2. The third kappa shape index (κ3) is 4.60. The number of nitrogens with one attached hydrogen (secondary N) is 1. The summed E-state index contributed by atoms with van der Waals surface area (Å²) in [5.74, 6) is -0.777. The van der Waals surface area contributed by atoms with Crippen LogP contribution in [-0.4, -0.2) is 32.9 Å². The first-order valence-electron chi connectivity index (χ1n) is 5.03. The van der Waals surface area contributed by atoms with Crippen molar-refractivity contribution in [1.82, 2.24) is 15.1 Å². The van der Waals surface area contributed by atoms with Crippen molar-refractivity contribution >= 4 is 5.97 Å². The van der Waals surface area contributed by atoms with Crippen LogP contribution in [0.15, 0.2) is 18.5 Å². The molecule has 84 valence electrons. The van der Waals surface area contributed by atoms with Gasteiger partial charge in [-0.3, -0.25) is 9.48 Å². The molecule has 0 aliphatic heterocycles. The van der Waals surface area contributed by atoms with Gasteiger partial charge in [-0.05, 0) is 19.9 Å². The Morgan fingerprint density at radius 1 is 1.53 bits per heavy atom. The van der Waals surface area contributed by atoms with Gasteiger partial charge in [0.15, 0.2) is 0 Å². The predicted molar refractivity (Wildman–Crippen MR) is 56.5 cm³/mol. The molecule has 0 radical (unpaired) electrons. The number of hydrogen-bond donors (Lipinski definition) is 2. The van der Waals surface area contributed by atoms with Crippen LogP contribution >= 0.6 is 0 Å². The average Bonchev–Trinajstić information content (AvgIpc) is 2.53. The normalized spacial score (nSPS) is 14.8. The Kier molecular flexibility index (Phi) is 4.30. The fraction of sp³-hybridized carbons (Fsp3) is 0.600. The number of carbonyl (C=O) groups is 1. The minimum atomic E-state index is -0.777. The molecule has 0 aliphatic carbocycles. The van der Waals surface area contributed by atoms with Crippen LogP contribution in [0.3, 0.4) is 0 Å². The van der Waals surface area contributed by atoms with E-state index in [1.165, 1.54) is 0 Å². The van der Waals surface area contributed by atoms with Gasteiger partial charge in [0.05, 0.1) is 13.0 Å². The fourth-order valence-corrected chi connectivity index (χ4v) is 1.55. The van der Waals surface area contributed by atoms with Gasteiger partial charge in [-0.2, -0.15) is 5.10 Å². The van der Waals surface area contributed by atoms with Crippen molar-refractivity contribution in [2.45, 2.75) is 38.9 Å². The highest BCUT2D eigenvalue weighted by Crippen LogP contribution is 1.96. The summed E-state index contributed by atoms with van der Waals surface area (Å²) in [4.78, 5) is 10.5. The van der Waals surface area contributed by atoms with Crippen molar-refractivity contribution in [2.24, 2.45) is 0 Å². The van der Waals surface area contributed by atoms with Gasteiger partial charge in [0.2, 0.25) is 0 Å². The van der Waals surface area contributed by atoms with Gasteiger partial charge in [-0.1, -0.05) is 0 Å². The van der Waals surface area contributed by atoms with E-state index in [1.807, 2.05) is 30.8 Å². The van der Waals surface area contributed by atoms with E-state index in [2.05, 4.69) is 10.4 Å². The Morgan fingerprint density at radius 2 is 2.27 bits per heavy atom. The number of hydrogen-bond acceptors (Lipinski definition) is 3. The maximum absolute atomic E-state index is 10.5. The average molecular weight is 211 g/mol. The zero-order valence-electron chi connectivity index (χ0n) is 9.05. The van der Waals surface area contributed by atoms with E-state index >= 15 is 0 Å². The number of carboxylic acid groups (broad SMARTS) is 1. The number of aromatic nitrogens is 2. The van der Waals surface area contributed by atoms with E-state index in [9.17, 15) is 4.79 Å². The number of rotatable bonds is 6. The van der Waals surface area contributed by atoms with Crippen LogP contribution in [0.1, 0.15) is 20.3 Å². The number of nitrogens with zero attached hydrogens (tertiary/aromatic N) is 2. The van der Waals surface area contributed by atoms with Gasteiger partial charge >= 0.3 is 5.97 Å². The van der Waals surface area contributed by atoms with Crippen molar-refractivity contribution in [3.63, 3.8) is 0 Å². The molecule has 2 unspecified atom stereocenters. The SMILES string of the molecule is CC(CC(=O)O)NC(C)Cn1cccn1. The summed E-state index contributed by atoms with van der Waals surface area (Å²) in [7, 11) is 0. The van der Waals surface area contributed by atoms with Gasteiger partial charge < -0.3 is 10.4 Å². The van der Waals surface area contributed by atoms with E-state index in [4.69, 9.17) is 5.11 Å². The highest BCUT2D eigenvalue weighted by molar-refractivity contribution is 5.67. The van der Waals surface area contributed by atoms with E-state index in [0.717, 1.165) is 6.54 Å². The second kappa shape index (κ2) is 5.50. The maximum atomic E-state index is 10.5. The van der Waals surface area contributed by atoms with Crippen LogP contribution < -0.4 is 5.32 Å². The third-order valence-corrected chi connectivity index (χ3v) is 2.07. The van der Waals surface area contributed by atoms with Crippen molar-refractivity contribution in [2.75, 3.05) is 0 Å². The lowest BCUT2D eigenvalue weighted by molar-refractivity contribution is -0.137. The second-order valence-electron chi connectivity index (χ2n) is 3.79. The van der Waals surface area contributed by atoms with Crippen LogP contribution in [0, 0.1) is 0 Å². The summed E-state index contributed by atoms with van der Waals surface area (Å²) in [6.07, 6.45) is 3.76. The summed E-state index contributed by atoms with van der Waals surface area (Å²) in [5, 5.41) is 15.9. The molecule has 0 aromatic carbocycles. The monoisotopic (exact) mass is 211 g/mol. The summed E-state index contributed by atoms with van der Waals surface area (Å²) in [5.41, 5.74) is 0. The molecule has 5 heteroatoms. The Bertz CT molecular complexity index is 298.